The van der Waals surface area contributed by atoms with Crippen LogP contribution in [-0.4, -0.2) is 26.4 Å². The predicted octanol–water partition coefficient (Wildman–Crippen LogP) is 3.34. The first-order valence-corrected chi connectivity index (χ1v) is 7.60. The molecule has 20 heavy (non-hydrogen) atoms. The normalized spacial score (nSPS) is 10.9. The SMILES string of the molecule is CSc1nc(NCc2ccccc2Cl)c2cn[nH]c2n1. The van der Waals surface area contributed by atoms with Gasteiger partial charge in [0.25, 0.3) is 0 Å². The number of benzene rings is 1. The maximum atomic E-state index is 6.15. The molecule has 2 N–H and O–H groups in total. The Kier molecular flexibility index (Phi) is 3.75. The highest BCUT2D eigenvalue weighted by atomic mass is 35.5. The zero-order valence-electron chi connectivity index (χ0n) is 10.7. The molecule has 0 aliphatic heterocycles. The minimum atomic E-state index is 0.602. The third kappa shape index (κ3) is 2.57. The highest BCUT2D eigenvalue weighted by molar-refractivity contribution is 7.98. The summed E-state index contributed by atoms with van der Waals surface area (Å²) in [6.07, 6.45) is 3.66. The highest BCUT2D eigenvalue weighted by Gasteiger charge is 2.09. The number of fused-ring (bicyclic) bond motifs is 1. The summed E-state index contributed by atoms with van der Waals surface area (Å²) in [6, 6.07) is 7.73. The molecule has 0 unspecified atom stereocenters. The van der Waals surface area contributed by atoms with E-state index in [1.165, 1.54) is 11.8 Å². The monoisotopic (exact) mass is 305 g/mol. The van der Waals surface area contributed by atoms with Gasteiger partial charge in [0, 0.05) is 11.6 Å². The number of aromatic amines is 1. The van der Waals surface area contributed by atoms with Crippen LogP contribution in [0.5, 0.6) is 0 Å². The Morgan fingerprint density at radius 2 is 2.15 bits per heavy atom. The lowest BCUT2D eigenvalue weighted by Crippen LogP contribution is -2.03. The molecule has 0 spiro atoms. The van der Waals surface area contributed by atoms with Crippen LogP contribution in [0, 0.1) is 0 Å². The van der Waals surface area contributed by atoms with Crippen LogP contribution >= 0.6 is 23.4 Å². The van der Waals surface area contributed by atoms with Crippen LogP contribution in [0.25, 0.3) is 11.0 Å². The third-order valence-electron chi connectivity index (χ3n) is 2.88. The summed E-state index contributed by atoms with van der Waals surface area (Å²) in [7, 11) is 0. The molecule has 0 amide bonds. The molecule has 2 heterocycles. The van der Waals surface area contributed by atoms with Gasteiger partial charge in [-0.05, 0) is 17.9 Å². The van der Waals surface area contributed by atoms with Crippen LogP contribution in [0.4, 0.5) is 5.82 Å². The average molecular weight is 306 g/mol. The molecule has 1 aromatic carbocycles. The number of aromatic nitrogens is 4. The van der Waals surface area contributed by atoms with Crippen molar-refractivity contribution in [1.82, 2.24) is 20.2 Å². The number of halogens is 1. The van der Waals surface area contributed by atoms with E-state index in [1.807, 2.05) is 30.5 Å². The Morgan fingerprint density at radius 1 is 1.30 bits per heavy atom. The standard InChI is InChI=1S/C13H12ClN5S/c1-20-13-17-11(9-7-16-19-12(9)18-13)15-6-8-4-2-3-5-10(8)14/h2-5,7H,6H2,1H3,(H2,15,16,17,18,19). The lowest BCUT2D eigenvalue weighted by Gasteiger charge is -2.08. The van der Waals surface area contributed by atoms with Gasteiger partial charge in [-0.1, -0.05) is 41.6 Å². The number of hydrogen-bond acceptors (Lipinski definition) is 5. The molecule has 5 nitrogen and oxygen atoms in total. The molecule has 3 rings (SSSR count). The summed E-state index contributed by atoms with van der Waals surface area (Å²) in [4.78, 5) is 8.83. The van der Waals surface area contributed by atoms with E-state index in [9.17, 15) is 0 Å². The Hall–Kier alpha value is -1.79. The molecular weight excluding hydrogens is 294 g/mol. The van der Waals surface area contributed by atoms with Gasteiger partial charge in [0.1, 0.15) is 5.82 Å². The van der Waals surface area contributed by atoms with E-state index in [4.69, 9.17) is 11.6 Å². The summed E-state index contributed by atoms with van der Waals surface area (Å²) in [5.74, 6) is 0.757. The van der Waals surface area contributed by atoms with Crippen LogP contribution in [0.15, 0.2) is 35.6 Å². The van der Waals surface area contributed by atoms with Gasteiger partial charge in [0.15, 0.2) is 10.8 Å². The summed E-state index contributed by atoms with van der Waals surface area (Å²) in [5.41, 5.74) is 1.75. The Bertz CT molecular complexity index is 742. The van der Waals surface area contributed by atoms with Crippen LogP contribution in [0.1, 0.15) is 5.56 Å². The largest absolute Gasteiger partial charge is 0.365 e. The molecule has 0 aliphatic rings. The third-order valence-corrected chi connectivity index (χ3v) is 3.79. The van der Waals surface area contributed by atoms with Crippen LogP contribution in [0.2, 0.25) is 5.02 Å². The summed E-state index contributed by atoms with van der Waals surface area (Å²) in [6.45, 7) is 0.602. The zero-order chi connectivity index (χ0) is 13.9. The number of nitrogens with one attached hydrogen (secondary N) is 2. The van der Waals surface area contributed by atoms with Crippen molar-refractivity contribution < 1.29 is 0 Å². The second kappa shape index (κ2) is 5.68. The average Bonchev–Trinajstić information content (AvgIpc) is 2.94. The van der Waals surface area contributed by atoms with E-state index in [0.29, 0.717) is 11.7 Å². The quantitative estimate of drug-likeness (QED) is 0.571. The van der Waals surface area contributed by atoms with Crippen LogP contribution in [-0.2, 0) is 6.54 Å². The van der Waals surface area contributed by atoms with Gasteiger partial charge in [-0.25, -0.2) is 9.97 Å². The van der Waals surface area contributed by atoms with Gasteiger partial charge in [0.2, 0.25) is 0 Å². The topological polar surface area (TPSA) is 66.5 Å². The van der Waals surface area contributed by atoms with E-state index < -0.39 is 0 Å². The fourth-order valence-electron chi connectivity index (χ4n) is 1.86. The minimum absolute atomic E-state index is 0.602. The van der Waals surface area contributed by atoms with Crippen molar-refractivity contribution in [1.29, 1.82) is 0 Å². The van der Waals surface area contributed by atoms with Crippen molar-refractivity contribution in [3.63, 3.8) is 0 Å². The first kappa shape index (κ1) is 13.2. The van der Waals surface area contributed by atoms with Gasteiger partial charge in [-0.3, -0.25) is 5.10 Å². The molecule has 0 radical (unpaired) electrons. The van der Waals surface area contributed by atoms with Crippen molar-refractivity contribution in [3.8, 4) is 0 Å². The van der Waals surface area contributed by atoms with Crippen molar-refractivity contribution in [2.24, 2.45) is 0 Å². The van der Waals surface area contributed by atoms with Crippen molar-refractivity contribution in [2.75, 3.05) is 11.6 Å². The molecular formula is C13H12ClN5S. The van der Waals surface area contributed by atoms with Crippen LogP contribution < -0.4 is 5.32 Å². The molecule has 0 fully saturated rings. The van der Waals surface area contributed by atoms with Crippen LogP contribution in [0.3, 0.4) is 0 Å². The lowest BCUT2D eigenvalue weighted by molar-refractivity contribution is 0.972. The second-order valence-electron chi connectivity index (χ2n) is 4.14. The lowest BCUT2D eigenvalue weighted by atomic mass is 10.2. The Balaban J connectivity index is 1.90. The van der Waals surface area contributed by atoms with E-state index >= 15 is 0 Å². The molecule has 102 valence electrons. The van der Waals surface area contributed by atoms with E-state index in [2.05, 4.69) is 25.5 Å². The van der Waals surface area contributed by atoms with Gasteiger partial charge in [-0.2, -0.15) is 5.10 Å². The molecule has 0 saturated heterocycles. The van der Waals surface area contributed by atoms with E-state index in [0.717, 1.165) is 27.4 Å². The number of nitrogens with zero attached hydrogens (tertiary/aromatic N) is 3. The van der Waals surface area contributed by atoms with Gasteiger partial charge in [-0.15, -0.1) is 0 Å². The Labute approximate surface area is 125 Å². The number of H-pyrrole nitrogens is 1. The summed E-state index contributed by atoms with van der Waals surface area (Å²) < 4.78 is 0. The predicted molar refractivity (Wildman–Crippen MR) is 82.2 cm³/mol. The first-order chi connectivity index (χ1) is 9.78. The second-order valence-corrected chi connectivity index (χ2v) is 5.32. The smallest absolute Gasteiger partial charge is 0.191 e. The molecule has 2 aromatic heterocycles. The van der Waals surface area contributed by atoms with E-state index in [-0.39, 0.29) is 0 Å². The van der Waals surface area contributed by atoms with Crippen molar-refractivity contribution in [2.45, 2.75) is 11.7 Å². The number of rotatable bonds is 4. The number of anilines is 1. The highest BCUT2D eigenvalue weighted by Crippen LogP contribution is 2.23. The van der Waals surface area contributed by atoms with Crippen molar-refractivity contribution >= 4 is 40.2 Å². The van der Waals surface area contributed by atoms with E-state index in [1.54, 1.807) is 6.20 Å². The molecule has 0 saturated carbocycles. The van der Waals surface area contributed by atoms with Gasteiger partial charge >= 0.3 is 0 Å². The maximum Gasteiger partial charge on any atom is 0.191 e. The molecule has 3 aromatic rings. The molecule has 7 heteroatoms. The first-order valence-electron chi connectivity index (χ1n) is 6.00. The fraction of sp³-hybridized carbons (Fsp3) is 0.154. The zero-order valence-corrected chi connectivity index (χ0v) is 12.3. The van der Waals surface area contributed by atoms with Gasteiger partial charge < -0.3 is 5.32 Å². The summed E-state index contributed by atoms with van der Waals surface area (Å²) >= 11 is 7.64. The number of thioether (sulfide) groups is 1. The molecule has 0 aliphatic carbocycles. The number of hydrogen-bond donors (Lipinski definition) is 2. The molecule has 0 atom stereocenters. The fourth-order valence-corrected chi connectivity index (χ4v) is 2.43. The molecule has 0 bridgehead atoms. The van der Waals surface area contributed by atoms with Gasteiger partial charge in [0.05, 0.1) is 11.6 Å². The maximum absolute atomic E-state index is 6.15. The Morgan fingerprint density at radius 3 is 2.95 bits per heavy atom. The minimum Gasteiger partial charge on any atom is -0.365 e. The summed E-state index contributed by atoms with van der Waals surface area (Å²) in [5, 5.41) is 12.5. The van der Waals surface area contributed by atoms with Crippen molar-refractivity contribution in [3.05, 3.63) is 41.0 Å².